The van der Waals surface area contributed by atoms with Gasteiger partial charge in [-0.25, -0.2) is 9.59 Å². The largest absolute Gasteiger partial charge is 0.335 e. The van der Waals surface area contributed by atoms with E-state index in [1.54, 1.807) is 0 Å². The lowest BCUT2D eigenvalue weighted by atomic mass is 9.73. The molecule has 0 aromatic rings. The van der Waals surface area contributed by atoms with Gasteiger partial charge in [-0.1, -0.05) is 32.6 Å². The second-order valence-corrected chi connectivity index (χ2v) is 7.44. The number of nitrogens with zero attached hydrogens (tertiary/aromatic N) is 1. The third-order valence-corrected chi connectivity index (χ3v) is 5.75. The third kappa shape index (κ3) is 3.48. The molecule has 0 bridgehead atoms. The van der Waals surface area contributed by atoms with Gasteiger partial charge in [-0.05, 0) is 31.6 Å². The SMILES string of the molecule is CC1CCCCC12NC(=O)N(CC(=O)NC(=O)NC1CCCC1)C2=O. The van der Waals surface area contributed by atoms with Gasteiger partial charge in [0.1, 0.15) is 12.1 Å². The quantitative estimate of drug-likeness (QED) is 0.666. The highest BCUT2D eigenvalue weighted by Crippen LogP contribution is 2.38. The molecule has 2 unspecified atom stereocenters. The predicted molar refractivity (Wildman–Crippen MR) is 89.5 cm³/mol. The second-order valence-electron chi connectivity index (χ2n) is 7.44. The van der Waals surface area contributed by atoms with Gasteiger partial charge in [0.15, 0.2) is 0 Å². The molecule has 2 aliphatic carbocycles. The molecule has 1 saturated heterocycles. The minimum atomic E-state index is -0.887. The molecule has 1 heterocycles. The van der Waals surface area contributed by atoms with Crippen LogP contribution in [0.5, 0.6) is 0 Å². The van der Waals surface area contributed by atoms with Crippen LogP contribution in [0.4, 0.5) is 9.59 Å². The molecule has 3 N–H and O–H groups in total. The summed E-state index contributed by atoms with van der Waals surface area (Å²) in [6.45, 7) is 1.52. The third-order valence-electron chi connectivity index (χ3n) is 5.75. The number of imide groups is 2. The van der Waals surface area contributed by atoms with E-state index >= 15 is 0 Å². The lowest BCUT2D eigenvalue weighted by molar-refractivity contribution is -0.137. The molecule has 0 aromatic carbocycles. The van der Waals surface area contributed by atoms with Gasteiger partial charge in [0.2, 0.25) is 5.91 Å². The monoisotopic (exact) mass is 350 g/mol. The summed E-state index contributed by atoms with van der Waals surface area (Å²) in [4.78, 5) is 49.8. The molecule has 6 amide bonds. The van der Waals surface area contributed by atoms with Crippen LogP contribution < -0.4 is 16.0 Å². The Morgan fingerprint density at radius 3 is 2.52 bits per heavy atom. The van der Waals surface area contributed by atoms with Gasteiger partial charge >= 0.3 is 12.1 Å². The number of rotatable bonds is 3. The van der Waals surface area contributed by atoms with Gasteiger partial charge in [-0.15, -0.1) is 0 Å². The number of amides is 6. The zero-order valence-electron chi connectivity index (χ0n) is 14.6. The van der Waals surface area contributed by atoms with Crippen LogP contribution in [0, 0.1) is 5.92 Å². The highest BCUT2D eigenvalue weighted by atomic mass is 16.2. The molecule has 3 fully saturated rings. The van der Waals surface area contributed by atoms with Crippen molar-refractivity contribution >= 4 is 23.9 Å². The Labute approximate surface area is 147 Å². The maximum atomic E-state index is 12.8. The molecule has 3 rings (SSSR count). The topological polar surface area (TPSA) is 108 Å². The number of carbonyl (C=O) groups excluding carboxylic acids is 4. The van der Waals surface area contributed by atoms with E-state index in [4.69, 9.17) is 0 Å². The standard InChI is InChI=1S/C17H26N4O4/c1-11-6-4-5-9-17(11)14(23)21(16(25)20-17)10-13(22)19-15(24)18-12-7-2-3-8-12/h11-12H,2-10H2,1H3,(H,20,25)(H2,18,19,22,24). The van der Waals surface area contributed by atoms with Crippen molar-refractivity contribution < 1.29 is 19.2 Å². The van der Waals surface area contributed by atoms with E-state index in [0.29, 0.717) is 6.42 Å². The van der Waals surface area contributed by atoms with E-state index < -0.39 is 30.1 Å². The molecular weight excluding hydrogens is 324 g/mol. The van der Waals surface area contributed by atoms with Gasteiger partial charge in [-0.3, -0.25) is 19.8 Å². The molecule has 2 atom stereocenters. The van der Waals surface area contributed by atoms with Gasteiger partial charge in [0.05, 0.1) is 0 Å². The summed E-state index contributed by atoms with van der Waals surface area (Å²) in [6, 6.07) is -1.02. The molecule has 1 spiro atoms. The first kappa shape index (κ1) is 17.7. The zero-order valence-corrected chi connectivity index (χ0v) is 14.6. The van der Waals surface area contributed by atoms with E-state index in [2.05, 4.69) is 16.0 Å². The molecule has 2 saturated carbocycles. The van der Waals surface area contributed by atoms with Crippen LogP contribution in [-0.2, 0) is 9.59 Å². The average Bonchev–Trinajstić information content (AvgIpc) is 3.13. The van der Waals surface area contributed by atoms with Crippen LogP contribution in [0.15, 0.2) is 0 Å². The first-order valence-corrected chi connectivity index (χ1v) is 9.17. The zero-order chi connectivity index (χ0) is 18.0. The van der Waals surface area contributed by atoms with Crippen LogP contribution in [0.2, 0.25) is 0 Å². The molecule has 0 aromatic heterocycles. The Bertz CT molecular complexity index is 587. The summed E-state index contributed by atoms with van der Waals surface area (Å²) in [5.74, 6) is -0.966. The van der Waals surface area contributed by atoms with E-state index in [1.807, 2.05) is 6.92 Å². The van der Waals surface area contributed by atoms with Crippen LogP contribution >= 0.6 is 0 Å². The van der Waals surface area contributed by atoms with E-state index in [-0.39, 0.29) is 17.9 Å². The number of urea groups is 2. The molecular formula is C17H26N4O4. The first-order valence-electron chi connectivity index (χ1n) is 9.17. The van der Waals surface area contributed by atoms with Crippen LogP contribution in [0.1, 0.15) is 58.3 Å². The van der Waals surface area contributed by atoms with Gasteiger partial charge in [0, 0.05) is 6.04 Å². The van der Waals surface area contributed by atoms with Crippen molar-refractivity contribution in [2.75, 3.05) is 6.54 Å². The van der Waals surface area contributed by atoms with Crippen molar-refractivity contribution in [3.8, 4) is 0 Å². The fourth-order valence-electron chi connectivity index (χ4n) is 4.24. The highest BCUT2D eigenvalue weighted by molar-refractivity contribution is 6.10. The summed E-state index contributed by atoms with van der Waals surface area (Å²) >= 11 is 0. The Kier molecular flexibility index (Phi) is 4.96. The maximum absolute atomic E-state index is 12.8. The van der Waals surface area contributed by atoms with E-state index in [1.165, 1.54) is 0 Å². The Hall–Kier alpha value is -2.12. The van der Waals surface area contributed by atoms with E-state index in [9.17, 15) is 19.2 Å². The van der Waals surface area contributed by atoms with Crippen molar-refractivity contribution in [1.29, 1.82) is 0 Å². The summed E-state index contributed by atoms with van der Waals surface area (Å²) in [6.07, 6.45) is 7.34. The maximum Gasteiger partial charge on any atom is 0.325 e. The highest BCUT2D eigenvalue weighted by Gasteiger charge is 2.55. The van der Waals surface area contributed by atoms with Crippen molar-refractivity contribution in [3.05, 3.63) is 0 Å². The summed E-state index contributed by atoms with van der Waals surface area (Å²) < 4.78 is 0. The fraction of sp³-hybridized carbons (Fsp3) is 0.765. The smallest absolute Gasteiger partial charge is 0.325 e. The van der Waals surface area contributed by atoms with Gasteiger partial charge in [-0.2, -0.15) is 0 Å². The van der Waals surface area contributed by atoms with Crippen molar-refractivity contribution in [2.45, 2.75) is 69.9 Å². The molecule has 138 valence electrons. The summed E-state index contributed by atoms with van der Waals surface area (Å²) in [5.41, 5.74) is -0.887. The molecule has 3 aliphatic rings. The summed E-state index contributed by atoms with van der Waals surface area (Å²) in [5, 5.41) is 7.75. The van der Waals surface area contributed by atoms with Gasteiger partial charge in [0.25, 0.3) is 5.91 Å². The lowest BCUT2D eigenvalue weighted by Gasteiger charge is -2.36. The predicted octanol–water partition coefficient (Wildman–Crippen LogP) is 1.26. The van der Waals surface area contributed by atoms with Crippen molar-refractivity contribution in [1.82, 2.24) is 20.9 Å². The molecule has 0 radical (unpaired) electrons. The van der Waals surface area contributed by atoms with Crippen LogP contribution in [0.25, 0.3) is 0 Å². The Morgan fingerprint density at radius 1 is 1.16 bits per heavy atom. The number of hydrogen-bond acceptors (Lipinski definition) is 4. The molecule has 8 nitrogen and oxygen atoms in total. The first-order chi connectivity index (χ1) is 11.9. The average molecular weight is 350 g/mol. The van der Waals surface area contributed by atoms with Crippen molar-refractivity contribution in [3.63, 3.8) is 0 Å². The van der Waals surface area contributed by atoms with Crippen LogP contribution in [-0.4, -0.2) is 46.9 Å². The lowest BCUT2D eigenvalue weighted by Crippen LogP contribution is -2.54. The summed E-state index contributed by atoms with van der Waals surface area (Å²) in [7, 11) is 0. The Balaban J connectivity index is 1.56. The Morgan fingerprint density at radius 2 is 1.84 bits per heavy atom. The molecule has 8 heteroatoms. The van der Waals surface area contributed by atoms with Crippen LogP contribution in [0.3, 0.4) is 0 Å². The number of carbonyl (C=O) groups is 4. The minimum Gasteiger partial charge on any atom is -0.335 e. The minimum absolute atomic E-state index is 0.0384. The van der Waals surface area contributed by atoms with E-state index in [0.717, 1.165) is 49.8 Å². The second kappa shape index (κ2) is 7.01. The molecule has 25 heavy (non-hydrogen) atoms. The fourth-order valence-corrected chi connectivity index (χ4v) is 4.24. The normalized spacial score (nSPS) is 29.8. The molecule has 1 aliphatic heterocycles. The number of nitrogens with one attached hydrogen (secondary N) is 3. The van der Waals surface area contributed by atoms with Gasteiger partial charge < -0.3 is 10.6 Å². The van der Waals surface area contributed by atoms with Crippen molar-refractivity contribution in [2.24, 2.45) is 5.92 Å². The number of hydrogen-bond donors (Lipinski definition) is 3.